The normalized spacial score (nSPS) is 17.2. The molecule has 2 N–H and O–H groups in total. The van der Waals surface area contributed by atoms with Gasteiger partial charge in [0.05, 0.1) is 10.6 Å². The maximum absolute atomic E-state index is 12.2. The lowest BCUT2D eigenvalue weighted by Crippen LogP contribution is -2.25. The molecule has 8 heteroatoms. The Morgan fingerprint density at radius 2 is 2.00 bits per heavy atom. The van der Waals surface area contributed by atoms with Crippen molar-refractivity contribution in [2.45, 2.75) is 44.0 Å². The Morgan fingerprint density at radius 1 is 1.32 bits per heavy atom. The van der Waals surface area contributed by atoms with E-state index in [9.17, 15) is 13.2 Å². The number of amides is 1. The Balaban J connectivity index is 2.03. The second kappa shape index (κ2) is 6.61. The first-order valence-electron chi connectivity index (χ1n) is 8.28. The van der Waals surface area contributed by atoms with Crippen LogP contribution in [0.3, 0.4) is 0 Å². The summed E-state index contributed by atoms with van der Waals surface area (Å²) in [5, 5.41) is 7.49. The van der Waals surface area contributed by atoms with Crippen molar-refractivity contribution >= 4 is 21.7 Å². The van der Waals surface area contributed by atoms with Gasteiger partial charge in [-0.1, -0.05) is 19.1 Å². The van der Waals surface area contributed by atoms with E-state index in [1.165, 1.54) is 7.05 Å². The lowest BCUT2D eigenvalue weighted by atomic mass is 9.86. The summed E-state index contributed by atoms with van der Waals surface area (Å²) >= 11 is 0. The fourth-order valence-corrected chi connectivity index (χ4v) is 4.00. The summed E-state index contributed by atoms with van der Waals surface area (Å²) in [4.78, 5) is 12.4. The molecule has 7 nitrogen and oxygen atoms in total. The number of benzene rings is 1. The molecule has 0 saturated carbocycles. The number of nitrogens with zero attached hydrogens (tertiary/aromatic N) is 2. The smallest absolute Gasteiger partial charge is 0.240 e. The fraction of sp³-hybridized carbons (Fsp3) is 0.412. The zero-order chi connectivity index (χ0) is 18.2. The van der Waals surface area contributed by atoms with Crippen LogP contribution >= 0.6 is 0 Å². The molecule has 0 saturated heterocycles. The molecule has 1 amide bonds. The topological polar surface area (TPSA) is 93.1 Å². The number of carbonyl (C=O) groups excluding carboxylic acids is 1. The van der Waals surface area contributed by atoms with Crippen LogP contribution in [0.5, 0.6) is 0 Å². The molecule has 0 bridgehead atoms. The molecule has 3 rings (SSSR count). The van der Waals surface area contributed by atoms with Gasteiger partial charge in [-0.15, -0.1) is 0 Å². The monoisotopic (exact) mass is 362 g/mol. The highest BCUT2D eigenvalue weighted by molar-refractivity contribution is 7.89. The first-order chi connectivity index (χ1) is 11.9. The number of carbonyl (C=O) groups is 1. The maximum Gasteiger partial charge on any atom is 0.240 e. The molecule has 2 aromatic rings. The molecule has 1 atom stereocenters. The first kappa shape index (κ1) is 17.6. The number of sulfonamides is 1. The van der Waals surface area contributed by atoms with Crippen molar-refractivity contribution < 1.29 is 13.2 Å². The Morgan fingerprint density at radius 3 is 2.60 bits per heavy atom. The van der Waals surface area contributed by atoms with Gasteiger partial charge in [0.15, 0.2) is 0 Å². The molecule has 0 aliphatic carbocycles. The van der Waals surface area contributed by atoms with Crippen LogP contribution in [0, 0.1) is 6.92 Å². The third-order valence-electron chi connectivity index (χ3n) is 4.47. The van der Waals surface area contributed by atoms with E-state index in [4.69, 9.17) is 0 Å². The Labute approximate surface area is 147 Å². The maximum atomic E-state index is 12.2. The Bertz CT molecular complexity index is 901. The third-order valence-corrected chi connectivity index (χ3v) is 5.90. The van der Waals surface area contributed by atoms with Gasteiger partial charge in [0.2, 0.25) is 15.9 Å². The van der Waals surface area contributed by atoms with E-state index in [2.05, 4.69) is 22.1 Å². The van der Waals surface area contributed by atoms with Crippen LogP contribution in [-0.4, -0.2) is 31.2 Å². The average molecular weight is 362 g/mol. The van der Waals surface area contributed by atoms with E-state index in [1.54, 1.807) is 24.3 Å². The lowest BCUT2D eigenvalue weighted by Gasteiger charge is -2.24. The van der Waals surface area contributed by atoms with Crippen molar-refractivity contribution in [3.05, 3.63) is 41.1 Å². The summed E-state index contributed by atoms with van der Waals surface area (Å²) in [5.74, 6) is 0.579. The molecule has 134 valence electrons. The van der Waals surface area contributed by atoms with Crippen LogP contribution in [0.1, 0.15) is 42.5 Å². The Hall–Kier alpha value is -2.19. The molecule has 2 heterocycles. The summed E-state index contributed by atoms with van der Waals surface area (Å²) in [7, 11) is -2.09. The molecule has 1 aromatic carbocycles. The van der Waals surface area contributed by atoms with Gasteiger partial charge < -0.3 is 5.32 Å². The van der Waals surface area contributed by atoms with Crippen LogP contribution in [0.25, 0.3) is 0 Å². The van der Waals surface area contributed by atoms with Gasteiger partial charge >= 0.3 is 0 Å². The minimum Gasteiger partial charge on any atom is -0.311 e. The molecule has 1 aliphatic rings. The molecule has 0 radical (unpaired) electrons. The number of hydrogen-bond acceptors (Lipinski definition) is 4. The van der Waals surface area contributed by atoms with Crippen LogP contribution in [0.4, 0.5) is 5.82 Å². The highest BCUT2D eigenvalue weighted by atomic mass is 32.2. The van der Waals surface area contributed by atoms with Crippen LogP contribution in [0.15, 0.2) is 29.2 Å². The second-order valence-electron chi connectivity index (χ2n) is 6.15. The van der Waals surface area contributed by atoms with Crippen molar-refractivity contribution in [1.29, 1.82) is 0 Å². The summed E-state index contributed by atoms with van der Waals surface area (Å²) in [6, 6.07) is 6.68. The quantitative estimate of drug-likeness (QED) is 0.851. The van der Waals surface area contributed by atoms with Gasteiger partial charge in [-0.05, 0) is 38.1 Å². The fourth-order valence-electron chi connectivity index (χ4n) is 3.27. The second-order valence-corrected chi connectivity index (χ2v) is 8.04. The van der Waals surface area contributed by atoms with Crippen molar-refractivity contribution in [1.82, 2.24) is 14.5 Å². The summed E-state index contributed by atoms with van der Waals surface area (Å²) in [5.41, 5.74) is 2.81. The predicted octanol–water partition coefficient (Wildman–Crippen LogP) is 1.98. The highest BCUT2D eigenvalue weighted by Gasteiger charge is 2.32. The summed E-state index contributed by atoms with van der Waals surface area (Å²) < 4.78 is 27.9. The predicted molar refractivity (Wildman–Crippen MR) is 95.0 cm³/mol. The van der Waals surface area contributed by atoms with Crippen molar-refractivity contribution in [2.24, 2.45) is 0 Å². The van der Waals surface area contributed by atoms with Crippen molar-refractivity contribution in [2.75, 3.05) is 12.4 Å². The number of aryl methyl sites for hydroxylation is 2. The molecule has 0 fully saturated rings. The molecule has 0 unspecified atom stereocenters. The number of rotatable bonds is 5. The number of hydrogen-bond donors (Lipinski definition) is 2. The lowest BCUT2D eigenvalue weighted by molar-refractivity contribution is -0.116. The number of fused-ring (bicyclic) bond motifs is 1. The largest absolute Gasteiger partial charge is 0.311 e. The van der Waals surface area contributed by atoms with E-state index >= 15 is 0 Å². The van der Waals surface area contributed by atoms with Gasteiger partial charge in [-0.2, -0.15) is 5.10 Å². The minimum absolute atomic E-state index is 0.0540. The number of nitrogens with one attached hydrogen (secondary N) is 2. The van der Waals surface area contributed by atoms with Gasteiger partial charge in [0.25, 0.3) is 0 Å². The van der Waals surface area contributed by atoms with Gasteiger partial charge in [-0.25, -0.2) is 17.8 Å². The van der Waals surface area contributed by atoms with Crippen molar-refractivity contribution in [3.63, 3.8) is 0 Å². The van der Waals surface area contributed by atoms with E-state index in [-0.39, 0.29) is 16.7 Å². The molecular weight excluding hydrogens is 340 g/mol. The zero-order valence-corrected chi connectivity index (χ0v) is 15.4. The van der Waals surface area contributed by atoms with Gasteiger partial charge in [-0.3, -0.25) is 4.79 Å². The zero-order valence-electron chi connectivity index (χ0n) is 14.5. The Kier molecular flexibility index (Phi) is 4.66. The van der Waals surface area contributed by atoms with Crippen LogP contribution in [0.2, 0.25) is 0 Å². The molecule has 0 spiro atoms. The average Bonchev–Trinajstić information content (AvgIpc) is 2.90. The van der Waals surface area contributed by atoms with E-state index in [1.807, 2.05) is 11.6 Å². The first-order valence-corrected chi connectivity index (χ1v) is 9.76. The van der Waals surface area contributed by atoms with E-state index in [0.29, 0.717) is 6.42 Å². The van der Waals surface area contributed by atoms with E-state index in [0.717, 1.165) is 35.6 Å². The summed E-state index contributed by atoms with van der Waals surface area (Å²) in [6.07, 6.45) is 1.24. The molecular formula is C17H22N4O3S. The highest BCUT2D eigenvalue weighted by Crippen LogP contribution is 2.39. The molecule has 1 aromatic heterocycles. The number of anilines is 1. The van der Waals surface area contributed by atoms with Crippen LogP contribution < -0.4 is 10.0 Å². The summed E-state index contributed by atoms with van der Waals surface area (Å²) in [6.45, 7) is 4.74. The van der Waals surface area contributed by atoms with Gasteiger partial charge in [0.1, 0.15) is 5.82 Å². The van der Waals surface area contributed by atoms with E-state index < -0.39 is 10.0 Å². The van der Waals surface area contributed by atoms with Gasteiger partial charge in [0, 0.05) is 24.4 Å². The standard InChI is InChI=1S/C17H22N4O3S/c1-4-9-21-17-16(11(2)20-21)14(10-15(22)19-17)12-5-7-13(8-6-12)25(23,24)18-3/h5-8,14,18H,4,9-10H2,1-3H3,(H,19,22)/t14-/m1/s1. The third kappa shape index (κ3) is 3.19. The minimum atomic E-state index is -3.47. The van der Waals surface area contributed by atoms with Crippen molar-refractivity contribution in [3.8, 4) is 0 Å². The SMILES string of the molecule is CCCn1nc(C)c2c1NC(=O)C[C@@H]2c1ccc(S(=O)(=O)NC)cc1. The number of aromatic nitrogens is 2. The molecule has 1 aliphatic heterocycles. The van der Waals surface area contributed by atoms with Crippen LogP contribution in [-0.2, 0) is 21.4 Å². The molecule has 25 heavy (non-hydrogen) atoms.